The minimum absolute atomic E-state index is 0.199. The summed E-state index contributed by atoms with van der Waals surface area (Å²) in [6, 6.07) is 7.90. The maximum Gasteiger partial charge on any atom is 0.177 e. The van der Waals surface area contributed by atoms with Crippen molar-refractivity contribution in [2.75, 3.05) is 11.9 Å². The molecule has 0 amide bonds. The number of ether oxygens (including phenoxy) is 3. The minimum Gasteiger partial charge on any atom is -0.394 e. The maximum atomic E-state index is 14.2. The van der Waals surface area contributed by atoms with Crippen molar-refractivity contribution in [3.63, 3.8) is 0 Å². The van der Waals surface area contributed by atoms with Gasteiger partial charge in [0.2, 0.25) is 0 Å². The number of benzene rings is 1. The highest BCUT2D eigenvalue weighted by Crippen LogP contribution is 2.45. The molecule has 32 heavy (non-hydrogen) atoms. The van der Waals surface area contributed by atoms with Crippen LogP contribution in [0, 0.1) is 5.82 Å². The van der Waals surface area contributed by atoms with Gasteiger partial charge in [0.05, 0.1) is 30.2 Å². The Bertz CT molecular complexity index is 1160. The number of rotatable bonds is 5. The van der Waals surface area contributed by atoms with Gasteiger partial charge in [-0.05, 0) is 26.8 Å². The predicted octanol–water partition coefficient (Wildman–Crippen LogP) is 3.65. The number of nitrogens with one attached hydrogen (secondary N) is 1. The van der Waals surface area contributed by atoms with Crippen LogP contribution in [0.1, 0.15) is 44.2 Å². The lowest BCUT2D eigenvalue weighted by molar-refractivity contribution is -0.191. The van der Waals surface area contributed by atoms with Gasteiger partial charge in [0.15, 0.2) is 16.6 Å². The fraction of sp³-hybridized carbons (Fsp3) is 0.455. The molecule has 5 rings (SSSR count). The summed E-state index contributed by atoms with van der Waals surface area (Å²) in [5.74, 6) is -1.09. The Kier molecular flexibility index (Phi) is 5.34. The quantitative estimate of drug-likeness (QED) is 0.598. The van der Waals surface area contributed by atoms with Gasteiger partial charge in [0.25, 0.3) is 0 Å². The van der Waals surface area contributed by atoms with Gasteiger partial charge in [-0.2, -0.15) is 5.10 Å². The Hall–Kier alpha value is -2.30. The van der Waals surface area contributed by atoms with Gasteiger partial charge < -0.3 is 24.6 Å². The second-order valence-corrected chi connectivity index (χ2v) is 8.92. The molecule has 2 aromatic heterocycles. The number of hydrogen-bond acceptors (Lipinski definition) is 7. The zero-order chi connectivity index (χ0) is 22.6. The van der Waals surface area contributed by atoms with E-state index >= 15 is 0 Å². The third-order valence-electron chi connectivity index (χ3n) is 5.83. The second-order valence-electron chi connectivity index (χ2n) is 8.53. The number of halogens is 2. The molecule has 0 radical (unpaired) electrons. The predicted molar refractivity (Wildman–Crippen MR) is 115 cm³/mol. The summed E-state index contributed by atoms with van der Waals surface area (Å²) in [7, 11) is 0. The van der Waals surface area contributed by atoms with E-state index in [4.69, 9.17) is 25.8 Å². The fourth-order valence-electron chi connectivity index (χ4n) is 4.46. The molecule has 2 aliphatic heterocycles. The van der Waals surface area contributed by atoms with E-state index in [1.54, 1.807) is 35.0 Å². The monoisotopic (exact) mass is 462 g/mol. The fourth-order valence-corrected chi connectivity index (χ4v) is 4.64. The summed E-state index contributed by atoms with van der Waals surface area (Å²) in [6.07, 6.45) is -0.291. The average Bonchev–Trinajstić information content (AvgIpc) is 3.38. The molecule has 2 fully saturated rings. The normalized spacial score (nSPS) is 27.6. The van der Waals surface area contributed by atoms with Gasteiger partial charge in [-0.25, -0.2) is 13.9 Å². The first kappa shape index (κ1) is 21.5. The van der Waals surface area contributed by atoms with Gasteiger partial charge in [-0.1, -0.05) is 29.8 Å². The van der Waals surface area contributed by atoms with Crippen LogP contribution in [0.3, 0.4) is 0 Å². The summed E-state index contributed by atoms with van der Waals surface area (Å²) < 4.78 is 33.9. The van der Waals surface area contributed by atoms with Crippen molar-refractivity contribution in [3.8, 4) is 0 Å². The van der Waals surface area contributed by atoms with Crippen LogP contribution in [0.5, 0.6) is 0 Å². The SMILES string of the molecule is C[C@H](Nc1cc(Cl)nn2c([C@@H]3O[C@H](CO)C4OC(C)(C)OC43)cnc12)c1ccccc1F. The highest BCUT2D eigenvalue weighted by molar-refractivity contribution is 6.29. The van der Waals surface area contributed by atoms with Crippen molar-refractivity contribution in [2.24, 2.45) is 0 Å². The van der Waals surface area contributed by atoms with E-state index < -0.39 is 30.2 Å². The molecule has 170 valence electrons. The number of fused-ring (bicyclic) bond motifs is 2. The lowest BCUT2D eigenvalue weighted by Gasteiger charge is -2.23. The van der Waals surface area contributed by atoms with Crippen LogP contribution in [0.15, 0.2) is 36.5 Å². The summed E-state index contributed by atoms with van der Waals surface area (Å²) in [5, 5.41) is 17.7. The van der Waals surface area contributed by atoms with Crippen LogP contribution in [0.4, 0.5) is 10.1 Å². The number of nitrogens with zero attached hydrogens (tertiary/aromatic N) is 3. The molecule has 1 aromatic carbocycles. The van der Waals surface area contributed by atoms with Crippen molar-refractivity contribution in [2.45, 2.75) is 57.0 Å². The third-order valence-corrected chi connectivity index (χ3v) is 6.01. The number of aliphatic hydroxyl groups is 1. The molecule has 8 nitrogen and oxygen atoms in total. The van der Waals surface area contributed by atoms with Crippen molar-refractivity contribution < 1.29 is 23.7 Å². The zero-order valence-electron chi connectivity index (χ0n) is 17.8. The Morgan fingerprint density at radius 3 is 2.78 bits per heavy atom. The van der Waals surface area contributed by atoms with E-state index in [0.717, 1.165) is 0 Å². The van der Waals surface area contributed by atoms with Crippen molar-refractivity contribution in [1.29, 1.82) is 0 Å². The molecule has 0 bridgehead atoms. The van der Waals surface area contributed by atoms with E-state index in [1.807, 2.05) is 20.8 Å². The summed E-state index contributed by atoms with van der Waals surface area (Å²) >= 11 is 6.32. The van der Waals surface area contributed by atoms with E-state index in [1.165, 1.54) is 6.07 Å². The van der Waals surface area contributed by atoms with E-state index in [9.17, 15) is 9.50 Å². The molecule has 0 saturated carbocycles. The lowest BCUT2D eigenvalue weighted by atomic mass is 10.1. The molecular formula is C22H24ClFN4O4. The number of aromatic nitrogens is 3. The number of imidazole rings is 1. The number of hydrogen-bond donors (Lipinski definition) is 2. The van der Waals surface area contributed by atoms with Crippen molar-refractivity contribution >= 4 is 22.9 Å². The molecule has 2 saturated heterocycles. The topological polar surface area (TPSA) is 90.1 Å². The van der Waals surface area contributed by atoms with Crippen molar-refractivity contribution in [1.82, 2.24) is 14.6 Å². The Morgan fingerprint density at radius 1 is 1.28 bits per heavy atom. The smallest absolute Gasteiger partial charge is 0.177 e. The molecule has 4 heterocycles. The molecule has 2 unspecified atom stereocenters. The van der Waals surface area contributed by atoms with Crippen LogP contribution in [-0.2, 0) is 14.2 Å². The van der Waals surface area contributed by atoms with Crippen LogP contribution >= 0.6 is 11.6 Å². The molecule has 3 aromatic rings. The molecule has 0 spiro atoms. The molecular weight excluding hydrogens is 439 g/mol. The Balaban J connectivity index is 1.51. The largest absolute Gasteiger partial charge is 0.394 e. The van der Waals surface area contributed by atoms with Gasteiger partial charge in [-0.3, -0.25) is 0 Å². The van der Waals surface area contributed by atoms with Gasteiger partial charge in [0, 0.05) is 11.6 Å². The first-order valence-electron chi connectivity index (χ1n) is 10.4. The molecule has 0 aliphatic carbocycles. The Morgan fingerprint density at radius 2 is 2.03 bits per heavy atom. The van der Waals surface area contributed by atoms with E-state index in [-0.39, 0.29) is 23.6 Å². The summed E-state index contributed by atoms with van der Waals surface area (Å²) in [5.41, 5.74) is 2.26. The van der Waals surface area contributed by atoms with Crippen LogP contribution in [0.25, 0.3) is 5.65 Å². The summed E-state index contributed by atoms with van der Waals surface area (Å²) in [4.78, 5) is 4.52. The number of anilines is 1. The first-order chi connectivity index (χ1) is 15.3. The zero-order valence-corrected chi connectivity index (χ0v) is 18.6. The molecule has 2 aliphatic rings. The van der Waals surface area contributed by atoms with Gasteiger partial charge >= 0.3 is 0 Å². The van der Waals surface area contributed by atoms with Crippen LogP contribution < -0.4 is 5.32 Å². The lowest BCUT2D eigenvalue weighted by Crippen LogP contribution is -2.31. The van der Waals surface area contributed by atoms with Gasteiger partial charge in [-0.15, -0.1) is 0 Å². The highest BCUT2D eigenvalue weighted by Gasteiger charge is 2.56. The standard InChI is InChI=1S/C22H24ClFN4O4/c1-11(12-6-4-5-7-13(12)24)26-14-8-17(23)27-28-15(9-25-21(14)28)18-20-19(16(10-29)30-18)31-22(2,3)32-20/h4-9,11,16,18-20,26,29H,10H2,1-3H3/t11-,16+,18-,19?,20?/m0/s1. The van der Waals surface area contributed by atoms with Gasteiger partial charge in [0.1, 0.15) is 30.2 Å². The summed E-state index contributed by atoms with van der Waals surface area (Å²) in [6.45, 7) is 5.31. The Labute approximate surface area is 189 Å². The number of aliphatic hydroxyl groups excluding tert-OH is 1. The second kappa shape index (κ2) is 7.93. The molecule has 10 heteroatoms. The first-order valence-corrected chi connectivity index (χ1v) is 10.8. The van der Waals surface area contributed by atoms with Crippen LogP contribution in [-0.4, -0.2) is 50.4 Å². The highest BCUT2D eigenvalue weighted by atomic mass is 35.5. The van der Waals surface area contributed by atoms with E-state index in [2.05, 4.69) is 15.4 Å². The molecule has 2 N–H and O–H groups in total. The molecule has 5 atom stereocenters. The maximum absolute atomic E-state index is 14.2. The van der Waals surface area contributed by atoms with E-state index in [0.29, 0.717) is 22.6 Å². The average molecular weight is 463 g/mol. The van der Waals surface area contributed by atoms with Crippen LogP contribution in [0.2, 0.25) is 5.15 Å². The third kappa shape index (κ3) is 3.64. The minimum atomic E-state index is -0.793. The van der Waals surface area contributed by atoms with Crippen molar-refractivity contribution in [3.05, 3.63) is 58.8 Å².